The highest BCUT2D eigenvalue weighted by molar-refractivity contribution is 5.91. The van der Waals surface area contributed by atoms with Gasteiger partial charge in [-0.3, -0.25) is 30.5 Å². The van der Waals surface area contributed by atoms with Crippen LogP contribution in [0.25, 0.3) is 0 Å². The molecule has 0 aromatic rings. The van der Waals surface area contributed by atoms with Crippen molar-refractivity contribution in [3.8, 4) is 0 Å². The molecule has 4 aliphatic rings. The largest absolute Gasteiger partial charge is 0.465 e. The molecule has 4 N–H and O–H groups in total. The van der Waals surface area contributed by atoms with Gasteiger partial charge in [-0.05, 0) is 43.9 Å². The van der Waals surface area contributed by atoms with E-state index in [2.05, 4.69) is 10.9 Å². The minimum Gasteiger partial charge on any atom is -0.465 e. The molecule has 4 fully saturated rings. The third-order valence-electron chi connectivity index (χ3n) is 6.58. The summed E-state index contributed by atoms with van der Waals surface area (Å²) in [7, 11) is 0. The summed E-state index contributed by atoms with van der Waals surface area (Å²) in [5.74, 6) is -0.115. The number of hydrazine groups is 1. The van der Waals surface area contributed by atoms with Crippen molar-refractivity contribution in [2.24, 2.45) is 11.8 Å². The number of rotatable bonds is 4. The van der Waals surface area contributed by atoms with E-state index in [0.717, 1.165) is 17.7 Å². The number of nitrogens with one attached hydrogen (secondary N) is 2. The second-order valence-electron chi connectivity index (χ2n) is 8.57. The average molecular weight is 409 g/mol. The first-order valence-electron chi connectivity index (χ1n) is 10.2. The summed E-state index contributed by atoms with van der Waals surface area (Å²) in [5, 5.41) is 19.8. The van der Waals surface area contributed by atoms with E-state index in [-0.39, 0.29) is 12.6 Å². The van der Waals surface area contributed by atoms with Crippen LogP contribution in [0.4, 0.5) is 9.59 Å². The zero-order chi connectivity index (χ0) is 20.7. The zero-order valence-corrected chi connectivity index (χ0v) is 16.1. The van der Waals surface area contributed by atoms with Gasteiger partial charge < -0.3 is 10.0 Å². The maximum atomic E-state index is 12.7. The van der Waals surface area contributed by atoms with Crippen molar-refractivity contribution in [2.45, 2.75) is 63.1 Å². The molecule has 29 heavy (non-hydrogen) atoms. The highest BCUT2D eigenvalue weighted by Crippen LogP contribution is 2.39. The molecule has 4 rings (SSSR count). The minimum absolute atomic E-state index is 0.264. The topological polar surface area (TPSA) is 143 Å². The number of carbonyl (C=O) groups is 4. The molecular formula is C18H27N5O6. The van der Waals surface area contributed by atoms with Crippen LogP contribution in [-0.2, 0) is 9.59 Å². The number of amides is 5. The van der Waals surface area contributed by atoms with Crippen molar-refractivity contribution < 1.29 is 29.5 Å². The molecule has 0 spiro atoms. The van der Waals surface area contributed by atoms with Crippen LogP contribution in [0.5, 0.6) is 0 Å². The Morgan fingerprint density at radius 2 is 1.66 bits per heavy atom. The fourth-order valence-electron chi connectivity index (χ4n) is 4.77. The summed E-state index contributed by atoms with van der Waals surface area (Å²) in [6.07, 6.45) is 4.33. The molecule has 4 atom stereocenters. The molecule has 0 radical (unpaired) electrons. The average Bonchev–Trinajstić information content (AvgIpc) is 3.50. The summed E-state index contributed by atoms with van der Waals surface area (Å²) in [6, 6.07) is -2.55. The van der Waals surface area contributed by atoms with Crippen molar-refractivity contribution >= 4 is 23.9 Å². The number of urea groups is 1. The fourth-order valence-corrected chi connectivity index (χ4v) is 4.77. The Morgan fingerprint density at radius 3 is 2.31 bits per heavy atom. The van der Waals surface area contributed by atoms with E-state index in [0.29, 0.717) is 42.7 Å². The molecule has 11 heteroatoms. The number of fused-ring (bicyclic) bond motifs is 2. The SMILES string of the molecule is O=C(NNC(=O)[C@@H]1CC[C@@H]2CN1C(=O)N2O)[C@@H]1C[C@H](CC2CC2)CCN1C(=O)O. The Bertz CT molecular complexity index is 713. The van der Waals surface area contributed by atoms with Crippen LogP contribution >= 0.6 is 0 Å². The van der Waals surface area contributed by atoms with Crippen molar-refractivity contribution in [1.82, 2.24) is 25.7 Å². The van der Waals surface area contributed by atoms with Crippen LogP contribution in [0.3, 0.4) is 0 Å². The van der Waals surface area contributed by atoms with Gasteiger partial charge in [-0.25, -0.2) is 14.7 Å². The lowest BCUT2D eigenvalue weighted by molar-refractivity contribution is -0.135. The minimum atomic E-state index is -1.15. The van der Waals surface area contributed by atoms with Gasteiger partial charge in [-0.1, -0.05) is 12.8 Å². The first-order valence-corrected chi connectivity index (χ1v) is 10.2. The molecule has 160 valence electrons. The molecular weight excluding hydrogens is 382 g/mol. The summed E-state index contributed by atoms with van der Waals surface area (Å²) < 4.78 is 0. The second-order valence-corrected chi connectivity index (χ2v) is 8.57. The van der Waals surface area contributed by atoms with Crippen LogP contribution in [0.1, 0.15) is 44.9 Å². The number of hydrogen-bond donors (Lipinski definition) is 4. The lowest BCUT2D eigenvalue weighted by Gasteiger charge is -2.37. The highest BCUT2D eigenvalue weighted by atomic mass is 16.5. The number of carboxylic acid groups (broad SMARTS) is 1. The molecule has 1 aliphatic carbocycles. The van der Waals surface area contributed by atoms with Gasteiger partial charge in [0.2, 0.25) is 0 Å². The monoisotopic (exact) mass is 409 g/mol. The third-order valence-corrected chi connectivity index (χ3v) is 6.58. The Balaban J connectivity index is 1.34. The number of nitrogens with zero attached hydrogens (tertiary/aromatic N) is 3. The predicted molar refractivity (Wildman–Crippen MR) is 97.4 cm³/mol. The lowest BCUT2D eigenvalue weighted by atomic mass is 9.86. The number of likely N-dealkylation sites (tertiary alicyclic amines) is 1. The summed E-state index contributed by atoms with van der Waals surface area (Å²) in [6.45, 7) is 0.566. The van der Waals surface area contributed by atoms with Crippen molar-refractivity contribution in [3.63, 3.8) is 0 Å². The first-order chi connectivity index (χ1) is 13.8. The molecule has 2 bridgehead atoms. The fraction of sp³-hybridized carbons (Fsp3) is 0.778. The number of carbonyl (C=O) groups excluding carboxylic acids is 3. The maximum absolute atomic E-state index is 12.7. The van der Waals surface area contributed by atoms with Gasteiger partial charge in [0.1, 0.15) is 12.1 Å². The van der Waals surface area contributed by atoms with E-state index in [4.69, 9.17) is 0 Å². The van der Waals surface area contributed by atoms with Gasteiger partial charge >= 0.3 is 12.1 Å². The van der Waals surface area contributed by atoms with E-state index >= 15 is 0 Å². The molecule has 3 aliphatic heterocycles. The molecule has 0 aromatic carbocycles. The quantitative estimate of drug-likeness (QED) is 0.390. The summed E-state index contributed by atoms with van der Waals surface area (Å²) >= 11 is 0. The van der Waals surface area contributed by atoms with Gasteiger partial charge in [-0.2, -0.15) is 0 Å². The standard InChI is InChI=1S/C18H27N5O6/c24-15(13-4-3-12-9-22(13)17(26)23(12)29)19-20-16(25)14-8-11(7-10-1-2-10)5-6-21(14)18(27)28/h10-14,29H,1-9H2,(H,19,24)(H,20,25)(H,27,28)/t11-,12+,13-,14-/m0/s1. The molecule has 3 heterocycles. The Hall–Kier alpha value is -2.56. The molecule has 11 nitrogen and oxygen atoms in total. The molecule has 5 amide bonds. The summed E-state index contributed by atoms with van der Waals surface area (Å²) in [5.41, 5.74) is 4.69. The van der Waals surface area contributed by atoms with Crippen LogP contribution in [-0.4, -0.2) is 80.3 Å². The second kappa shape index (κ2) is 7.69. The smallest absolute Gasteiger partial charge is 0.407 e. The van der Waals surface area contributed by atoms with E-state index in [9.17, 15) is 29.5 Å². The van der Waals surface area contributed by atoms with E-state index in [1.165, 1.54) is 17.7 Å². The van der Waals surface area contributed by atoms with E-state index in [1.54, 1.807) is 0 Å². The molecule has 3 saturated heterocycles. The van der Waals surface area contributed by atoms with Crippen molar-refractivity contribution in [2.75, 3.05) is 13.1 Å². The van der Waals surface area contributed by atoms with E-state index in [1.807, 2.05) is 0 Å². The van der Waals surface area contributed by atoms with Crippen LogP contribution < -0.4 is 10.9 Å². The summed E-state index contributed by atoms with van der Waals surface area (Å²) in [4.78, 5) is 51.1. The lowest BCUT2D eigenvalue weighted by Crippen LogP contribution is -2.59. The van der Waals surface area contributed by atoms with Crippen LogP contribution in [0.2, 0.25) is 0 Å². The van der Waals surface area contributed by atoms with Gasteiger partial charge in [0, 0.05) is 13.1 Å². The van der Waals surface area contributed by atoms with Gasteiger partial charge in [0.15, 0.2) is 0 Å². The van der Waals surface area contributed by atoms with Gasteiger partial charge in [0.05, 0.1) is 6.04 Å². The van der Waals surface area contributed by atoms with Crippen molar-refractivity contribution in [3.05, 3.63) is 0 Å². The predicted octanol–water partition coefficient (Wildman–Crippen LogP) is 0.350. The molecule has 1 saturated carbocycles. The van der Waals surface area contributed by atoms with Gasteiger partial charge in [0.25, 0.3) is 11.8 Å². The maximum Gasteiger partial charge on any atom is 0.407 e. The normalized spacial score (nSPS) is 31.6. The molecule has 0 unspecified atom stereocenters. The first kappa shape index (κ1) is 19.7. The molecule has 0 aromatic heterocycles. The van der Waals surface area contributed by atoms with Crippen LogP contribution in [0, 0.1) is 11.8 Å². The number of piperidine rings is 2. The van der Waals surface area contributed by atoms with Crippen LogP contribution in [0.15, 0.2) is 0 Å². The highest BCUT2D eigenvalue weighted by Gasteiger charge is 2.47. The number of hydrogen-bond acceptors (Lipinski definition) is 5. The van der Waals surface area contributed by atoms with E-state index < -0.39 is 36.0 Å². The Morgan fingerprint density at radius 1 is 0.966 bits per heavy atom. The van der Waals surface area contributed by atoms with Gasteiger partial charge in [-0.15, -0.1) is 0 Å². The third kappa shape index (κ3) is 3.96. The Kier molecular flexibility index (Phi) is 5.24. The zero-order valence-electron chi connectivity index (χ0n) is 16.1. The number of hydroxylamine groups is 2. The van der Waals surface area contributed by atoms with Crippen molar-refractivity contribution in [1.29, 1.82) is 0 Å². The Labute approximate surface area is 167 Å².